The van der Waals surface area contributed by atoms with E-state index in [0.717, 1.165) is 0 Å². The molecular formula is C13H17FO2. The second-order valence-corrected chi connectivity index (χ2v) is 5.08. The van der Waals surface area contributed by atoms with Gasteiger partial charge in [-0.1, -0.05) is 12.1 Å². The Bertz CT molecular complexity index is 389. The van der Waals surface area contributed by atoms with Crippen molar-refractivity contribution in [3.8, 4) is 0 Å². The van der Waals surface area contributed by atoms with Crippen LogP contribution in [0.25, 0.3) is 0 Å². The summed E-state index contributed by atoms with van der Waals surface area (Å²) in [6, 6.07) is 6.19. The lowest BCUT2D eigenvalue weighted by Crippen LogP contribution is -2.43. The van der Waals surface area contributed by atoms with Crippen LogP contribution in [0.3, 0.4) is 0 Å². The molecule has 1 saturated heterocycles. The van der Waals surface area contributed by atoms with Gasteiger partial charge >= 0.3 is 0 Å². The third-order valence-corrected chi connectivity index (χ3v) is 3.09. The maximum absolute atomic E-state index is 13.1. The van der Waals surface area contributed by atoms with Gasteiger partial charge in [0.05, 0.1) is 17.8 Å². The fraction of sp³-hybridized carbons (Fsp3) is 0.538. The molecule has 2 nitrogen and oxygen atoms in total. The first kappa shape index (κ1) is 11.6. The molecule has 0 saturated carbocycles. The molecule has 1 unspecified atom stereocenters. The van der Waals surface area contributed by atoms with Gasteiger partial charge in [-0.3, -0.25) is 0 Å². The van der Waals surface area contributed by atoms with Crippen molar-refractivity contribution < 1.29 is 14.2 Å². The minimum absolute atomic E-state index is 0.310. The zero-order chi connectivity index (χ0) is 11.8. The molecule has 1 aliphatic heterocycles. The van der Waals surface area contributed by atoms with Crippen LogP contribution in [-0.4, -0.2) is 17.3 Å². The zero-order valence-corrected chi connectivity index (χ0v) is 9.66. The molecule has 1 atom stereocenters. The highest BCUT2D eigenvalue weighted by Crippen LogP contribution is 2.39. The van der Waals surface area contributed by atoms with E-state index in [-0.39, 0.29) is 11.4 Å². The molecule has 1 aromatic carbocycles. The molecule has 0 amide bonds. The third kappa shape index (κ3) is 2.25. The number of benzene rings is 1. The van der Waals surface area contributed by atoms with E-state index < -0.39 is 5.60 Å². The standard InChI is InChI=1S/C13H17FO2/c1-12(2)9-13(15,6-7-16-12)10-4-3-5-11(14)8-10/h3-5,8,15H,6-7,9H2,1-2H3. The predicted octanol–water partition coefficient (Wildman–Crippen LogP) is 2.60. The molecule has 88 valence electrons. The molecule has 0 aliphatic carbocycles. The predicted molar refractivity (Wildman–Crippen MR) is 59.6 cm³/mol. The molecule has 1 aliphatic rings. The van der Waals surface area contributed by atoms with Gasteiger partial charge in [-0.2, -0.15) is 0 Å². The second-order valence-electron chi connectivity index (χ2n) is 5.08. The van der Waals surface area contributed by atoms with Gasteiger partial charge in [0.25, 0.3) is 0 Å². The summed E-state index contributed by atoms with van der Waals surface area (Å²) < 4.78 is 18.7. The van der Waals surface area contributed by atoms with Gasteiger partial charge in [-0.25, -0.2) is 4.39 Å². The number of ether oxygens (including phenoxy) is 1. The Balaban J connectivity index is 2.31. The van der Waals surface area contributed by atoms with Crippen molar-refractivity contribution in [1.82, 2.24) is 0 Å². The molecule has 0 aromatic heterocycles. The SMILES string of the molecule is CC1(C)CC(O)(c2cccc(F)c2)CCO1. The minimum Gasteiger partial charge on any atom is -0.385 e. The second kappa shape index (κ2) is 3.82. The Kier molecular flexibility index (Phi) is 2.76. The first-order chi connectivity index (χ1) is 7.41. The van der Waals surface area contributed by atoms with Crippen LogP contribution in [0.4, 0.5) is 4.39 Å². The van der Waals surface area contributed by atoms with E-state index in [2.05, 4.69) is 0 Å². The van der Waals surface area contributed by atoms with Crippen LogP contribution in [0, 0.1) is 5.82 Å². The lowest BCUT2D eigenvalue weighted by molar-refractivity contribution is -0.148. The highest BCUT2D eigenvalue weighted by Gasteiger charge is 2.40. The van der Waals surface area contributed by atoms with E-state index in [1.807, 2.05) is 13.8 Å². The minimum atomic E-state index is -0.968. The smallest absolute Gasteiger partial charge is 0.123 e. The molecule has 2 rings (SSSR count). The number of rotatable bonds is 1. The van der Waals surface area contributed by atoms with Crippen LogP contribution in [-0.2, 0) is 10.3 Å². The fourth-order valence-electron chi connectivity index (χ4n) is 2.36. The largest absolute Gasteiger partial charge is 0.385 e. The first-order valence-electron chi connectivity index (χ1n) is 5.54. The molecule has 0 spiro atoms. The van der Waals surface area contributed by atoms with Gasteiger partial charge < -0.3 is 9.84 Å². The fourth-order valence-corrected chi connectivity index (χ4v) is 2.36. The monoisotopic (exact) mass is 224 g/mol. The van der Waals surface area contributed by atoms with Crippen molar-refractivity contribution in [3.05, 3.63) is 35.6 Å². The van der Waals surface area contributed by atoms with Gasteiger partial charge in [0, 0.05) is 12.8 Å². The van der Waals surface area contributed by atoms with Crippen molar-refractivity contribution >= 4 is 0 Å². The Morgan fingerprint density at radius 2 is 2.12 bits per heavy atom. The molecule has 16 heavy (non-hydrogen) atoms. The van der Waals surface area contributed by atoms with E-state index in [1.165, 1.54) is 12.1 Å². The lowest BCUT2D eigenvalue weighted by Gasteiger charge is -2.41. The molecule has 1 N–H and O–H groups in total. The van der Waals surface area contributed by atoms with E-state index in [9.17, 15) is 9.50 Å². The molecule has 0 radical (unpaired) electrons. The summed E-state index contributed by atoms with van der Waals surface area (Å²) in [4.78, 5) is 0. The van der Waals surface area contributed by atoms with Crippen molar-refractivity contribution in [1.29, 1.82) is 0 Å². The van der Waals surface area contributed by atoms with Crippen LogP contribution in [0.2, 0.25) is 0 Å². The van der Waals surface area contributed by atoms with E-state index >= 15 is 0 Å². The Morgan fingerprint density at radius 3 is 2.75 bits per heavy atom. The maximum Gasteiger partial charge on any atom is 0.123 e. The van der Waals surface area contributed by atoms with Crippen LogP contribution in [0.15, 0.2) is 24.3 Å². The van der Waals surface area contributed by atoms with Gasteiger partial charge in [0.2, 0.25) is 0 Å². The quantitative estimate of drug-likeness (QED) is 0.794. The van der Waals surface area contributed by atoms with Crippen LogP contribution >= 0.6 is 0 Å². The summed E-state index contributed by atoms with van der Waals surface area (Å²) in [5.41, 5.74) is -0.688. The van der Waals surface area contributed by atoms with Crippen LogP contribution < -0.4 is 0 Å². The lowest BCUT2D eigenvalue weighted by atomic mass is 9.79. The summed E-state index contributed by atoms with van der Waals surface area (Å²) in [5.74, 6) is -0.310. The molecule has 3 heteroatoms. The highest BCUT2D eigenvalue weighted by atomic mass is 19.1. The zero-order valence-electron chi connectivity index (χ0n) is 9.66. The van der Waals surface area contributed by atoms with Gasteiger partial charge in [0.1, 0.15) is 5.82 Å². The molecular weight excluding hydrogens is 207 g/mol. The summed E-state index contributed by atoms with van der Waals surface area (Å²) >= 11 is 0. The van der Waals surface area contributed by atoms with Crippen molar-refractivity contribution in [2.45, 2.75) is 37.9 Å². The number of aliphatic hydroxyl groups is 1. The van der Waals surface area contributed by atoms with E-state index in [0.29, 0.717) is 25.0 Å². The number of hydrogen-bond acceptors (Lipinski definition) is 2. The Morgan fingerprint density at radius 1 is 1.38 bits per heavy atom. The van der Waals surface area contributed by atoms with Crippen LogP contribution in [0.5, 0.6) is 0 Å². The van der Waals surface area contributed by atoms with Gasteiger partial charge in [-0.05, 0) is 31.5 Å². The van der Waals surface area contributed by atoms with E-state index in [1.54, 1.807) is 12.1 Å². The molecule has 1 heterocycles. The third-order valence-electron chi connectivity index (χ3n) is 3.09. The molecule has 1 aromatic rings. The number of halogens is 1. The average molecular weight is 224 g/mol. The maximum atomic E-state index is 13.1. The summed E-state index contributed by atoms with van der Waals surface area (Å²) in [6.45, 7) is 4.38. The van der Waals surface area contributed by atoms with Crippen LogP contribution in [0.1, 0.15) is 32.3 Å². The van der Waals surface area contributed by atoms with E-state index in [4.69, 9.17) is 4.74 Å². The van der Waals surface area contributed by atoms with Crippen molar-refractivity contribution in [2.24, 2.45) is 0 Å². The van der Waals surface area contributed by atoms with Gasteiger partial charge in [0.15, 0.2) is 0 Å². The summed E-state index contributed by atoms with van der Waals surface area (Å²) in [7, 11) is 0. The molecule has 1 fully saturated rings. The van der Waals surface area contributed by atoms with Crippen molar-refractivity contribution in [2.75, 3.05) is 6.61 Å². The normalized spacial score (nSPS) is 29.0. The summed E-state index contributed by atoms with van der Waals surface area (Å²) in [5, 5.41) is 10.6. The number of hydrogen-bond donors (Lipinski definition) is 1. The first-order valence-corrected chi connectivity index (χ1v) is 5.54. The highest BCUT2D eigenvalue weighted by molar-refractivity contribution is 5.24. The Labute approximate surface area is 95.1 Å². The topological polar surface area (TPSA) is 29.5 Å². The molecule has 0 bridgehead atoms. The van der Waals surface area contributed by atoms with Crippen molar-refractivity contribution in [3.63, 3.8) is 0 Å². The average Bonchev–Trinajstić information content (AvgIpc) is 2.15. The Hall–Kier alpha value is -0.930. The van der Waals surface area contributed by atoms with Gasteiger partial charge in [-0.15, -0.1) is 0 Å². The summed E-state index contributed by atoms with van der Waals surface area (Å²) in [6.07, 6.45) is 1.00.